The first-order valence-electron chi connectivity index (χ1n) is 9.10. The zero-order chi connectivity index (χ0) is 19.0. The van der Waals surface area contributed by atoms with Gasteiger partial charge in [-0.05, 0) is 44.6 Å². The van der Waals surface area contributed by atoms with Gasteiger partial charge in [-0.25, -0.2) is 4.79 Å². The molecule has 1 unspecified atom stereocenters. The summed E-state index contributed by atoms with van der Waals surface area (Å²) in [5.41, 5.74) is 0.399. The van der Waals surface area contributed by atoms with Crippen molar-refractivity contribution in [2.75, 3.05) is 6.54 Å². The summed E-state index contributed by atoms with van der Waals surface area (Å²) in [5.74, 6) is 0.966. The SMILES string of the molecule is CC(C)CC(C)CC(=O)CN(Cc1ccccc1)C(=O)OC(C)(C)C. The first-order valence-corrected chi connectivity index (χ1v) is 9.10. The van der Waals surface area contributed by atoms with Crippen LogP contribution in [0.5, 0.6) is 0 Å². The second-order valence-corrected chi connectivity index (χ2v) is 8.30. The summed E-state index contributed by atoms with van der Waals surface area (Å²) >= 11 is 0. The number of hydrogen-bond donors (Lipinski definition) is 0. The van der Waals surface area contributed by atoms with E-state index in [0.29, 0.717) is 24.8 Å². The maximum absolute atomic E-state index is 12.5. The van der Waals surface area contributed by atoms with E-state index in [-0.39, 0.29) is 12.3 Å². The lowest BCUT2D eigenvalue weighted by Gasteiger charge is -2.27. The summed E-state index contributed by atoms with van der Waals surface area (Å²) in [5, 5.41) is 0. The molecule has 4 heteroatoms. The van der Waals surface area contributed by atoms with E-state index in [2.05, 4.69) is 20.8 Å². The number of amides is 1. The topological polar surface area (TPSA) is 46.6 Å². The largest absolute Gasteiger partial charge is 0.444 e. The Morgan fingerprint density at radius 1 is 1.08 bits per heavy atom. The molecule has 0 saturated carbocycles. The minimum atomic E-state index is -0.583. The van der Waals surface area contributed by atoms with Crippen LogP contribution in [0.4, 0.5) is 4.79 Å². The Hall–Kier alpha value is -1.84. The quantitative estimate of drug-likeness (QED) is 0.660. The third kappa shape index (κ3) is 9.28. The molecule has 0 aromatic heterocycles. The number of carbonyl (C=O) groups excluding carboxylic acids is 2. The Balaban J connectivity index is 2.76. The van der Waals surface area contributed by atoms with Crippen molar-refractivity contribution in [2.24, 2.45) is 11.8 Å². The highest BCUT2D eigenvalue weighted by atomic mass is 16.6. The number of benzene rings is 1. The van der Waals surface area contributed by atoms with Crippen molar-refractivity contribution in [1.29, 1.82) is 0 Å². The lowest BCUT2D eigenvalue weighted by molar-refractivity contribution is -0.121. The van der Waals surface area contributed by atoms with E-state index in [4.69, 9.17) is 4.74 Å². The Labute approximate surface area is 152 Å². The fourth-order valence-electron chi connectivity index (χ4n) is 2.87. The minimum Gasteiger partial charge on any atom is -0.444 e. The van der Waals surface area contributed by atoms with Gasteiger partial charge in [-0.1, -0.05) is 51.1 Å². The van der Waals surface area contributed by atoms with Crippen LogP contribution in [-0.4, -0.2) is 28.9 Å². The molecule has 0 aliphatic rings. The summed E-state index contributed by atoms with van der Waals surface area (Å²) < 4.78 is 5.48. The van der Waals surface area contributed by atoms with E-state index in [1.807, 2.05) is 51.1 Å². The fourth-order valence-corrected chi connectivity index (χ4v) is 2.87. The zero-order valence-corrected chi connectivity index (χ0v) is 16.5. The lowest BCUT2D eigenvalue weighted by atomic mass is 9.94. The molecular formula is C21H33NO3. The molecule has 0 N–H and O–H groups in total. The van der Waals surface area contributed by atoms with Gasteiger partial charge in [0.1, 0.15) is 5.60 Å². The molecule has 1 aromatic carbocycles. The molecule has 0 spiro atoms. The molecule has 0 aliphatic heterocycles. The lowest BCUT2D eigenvalue weighted by Crippen LogP contribution is -2.39. The molecule has 0 radical (unpaired) electrons. The third-order valence-corrected chi connectivity index (χ3v) is 3.69. The van der Waals surface area contributed by atoms with Crippen LogP contribution in [0.25, 0.3) is 0 Å². The molecule has 0 heterocycles. The molecular weight excluding hydrogens is 314 g/mol. The number of carbonyl (C=O) groups is 2. The van der Waals surface area contributed by atoms with Crippen LogP contribution in [0.3, 0.4) is 0 Å². The number of ether oxygens (including phenoxy) is 1. The normalized spacial score (nSPS) is 12.8. The Bertz CT molecular complexity index is 546. The second-order valence-electron chi connectivity index (χ2n) is 8.30. The summed E-state index contributed by atoms with van der Waals surface area (Å²) in [4.78, 5) is 26.5. The van der Waals surface area contributed by atoms with Crippen molar-refractivity contribution in [1.82, 2.24) is 4.90 Å². The molecule has 1 aromatic rings. The Morgan fingerprint density at radius 3 is 2.20 bits per heavy atom. The molecule has 0 aliphatic carbocycles. The number of ketones is 1. The zero-order valence-electron chi connectivity index (χ0n) is 16.5. The molecule has 0 saturated heterocycles. The minimum absolute atomic E-state index is 0.0786. The van der Waals surface area contributed by atoms with E-state index < -0.39 is 11.7 Å². The van der Waals surface area contributed by atoms with Gasteiger partial charge in [-0.3, -0.25) is 9.69 Å². The molecule has 25 heavy (non-hydrogen) atoms. The molecule has 0 bridgehead atoms. The van der Waals surface area contributed by atoms with E-state index in [9.17, 15) is 9.59 Å². The van der Waals surface area contributed by atoms with Gasteiger partial charge in [0.25, 0.3) is 0 Å². The van der Waals surface area contributed by atoms with Crippen molar-refractivity contribution in [3.05, 3.63) is 35.9 Å². The van der Waals surface area contributed by atoms with Gasteiger partial charge in [0, 0.05) is 13.0 Å². The highest BCUT2D eigenvalue weighted by Gasteiger charge is 2.24. The predicted octanol–water partition coefficient (Wildman–Crippen LogP) is 5.07. The average molecular weight is 347 g/mol. The average Bonchev–Trinajstić information content (AvgIpc) is 2.44. The highest BCUT2D eigenvalue weighted by Crippen LogP contribution is 2.17. The number of nitrogens with zero attached hydrogens (tertiary/aromatic N) is 1. The van der Waals surface area contributed by atoms with Gasteiger partial charge in [0.15, 0.2) is 5.78 Å². The smallest absolute Gasteiger partial charge is 0.410 e. The van der Waals surface area contributed by atoms with Gasteiger partial charge < -0.3 is 4.74 Å². The first-order chi connectivity index (χ1) is 11.6. The van der Waals surface area contributed by atoms with Gasteiger partial charge >= 0.3 is 6.09 Å². The van der Waals surface area contributed by atoms with Gasteiger partial charge in [-0.15, -0.1) is 0 Å². The van der Waals surface area contributed by atoms with Crippen molar-refractivity contribution in [3.8, 4) is 0 Å². The van der Waals surface area contributed by atoms with Gasteiger partial charge in [-0.2, -0.15) is 0 Å². The summed E-state index contributed by atoms with van der Waals surface area (Å²) in [6.07, 6.45) is 1.06. The summed E-state index contributed by atoms with van der Waals surface area (Å²) in [6.45, 7) is 12.4. The maximum atomic E-state index is 12.5. The van der Waals surface area contributed by atoms with E-state index in [1.165, 1.54) is 4.90 Å². The highest BCUT2D eigenvalue weighted by molar-refractivity contribution is 5.84. The van der Waals surface area contributed by atoms with Gasteiger partial charge in [0.2, 0.25) is 0 Å². The number of rotatable bonds is 8. The number of hydrogen-bond acceptors (Lipinski definition) is 3. The first kappa shape index (κ1) is 21.2. The van der Waals surface area contributed by atoms with Gasteiger partial charge in [0.05, 0.1) is 6.54 Å². The molecule has 1 atom stereocenters. The number of Topliss-reactive ketones (excluding diaryl/α,β-unsaturated/α-hetero) is 1. The molecule has 140 valence electrons. The van der Waals surface area contributed by atoms with E-state index in [0.717, 1.165) is 12.0 Å². The van der Waals surface area contributed by atoms with Crippen molar-refractivity contribution < 1.29 is 14.3 Å². The van der Waals surface area contributed by atoms with Crippen molar-refractivity contribution >= 4 is 11.9 Å². The molecule has 1 rings (SSSR count). The standard InChI is InChI=1S/C21H33NO3/c1-16(2)12-17(3)13-19(23)15-22(20(24)25-21(4,5)6)14-18-10-8-7-9-11-18/h7-11,16-17H,12-15H2,1-6H3. The van der Waals surface area contributed by atoms with E-state index in [1.54, 1.807) is 0 Å². The van der Waals surface area contributed by atoms with Crippen LogP contribution in [0, 0.1) is 11.8 Å². The molecule has 1 amide bonds. The second kappa shape index (κ2) is 9.59. The van der Waals surface area contributed by atoms with Crippen molar-refractivity contribution in [2.45, 2.75) is 66.5 Å². The van der Waals surface area contributed by atoms with Crippen LogP contribution in [0.1, 0.15) is 59.9 Å². The predicted molar refractivity (Wildman–Crippen MR) is 101 cm³/mol. The van der Waals surface area contributed by atoms with Crippen LogP contribution >= 0.6 is 0 Å². The third-order valence-electron chi connectivity index (χ3n) is 3.69. The van der Waals surface area contributed by atoms with Crippen molar-refractivity contribution in [3.63, 3.8) is 0 Å². The monoisotopic (exact) mass is 347 g/mol. The molecule has 4 nitrogen and oxygen atoms in total. The van der Waals surface area contributed by atoms with Crippen LogP contribution in [-0.2, 0) is 16.1 Å². The molecule has 0 fully saturated rings. The van der Waals surface area contributed by atoms with Crippen LogP contribution < -0.4 is 0 Å². The van der Waals surface area contributed by atoms with Crippen LogP contribution in [0.15, 0.2) is 30.3 Å². The van der Waals surface area contributed by atoms with E-state index >= 15 is 0 Å². The van der Waals surface area contributed by atoms with Crippen LogP contribution in [0.2, 0.25) is 0 Å². The maximum Gasteiger partial charge on any atom is 0.410 e. The fraction of sp³-hybridized carbons (Fsp3) is 0.619. The summed E-state index contributed by atoms with van der Waals surface area (Å²) in [6, 6.07) is 9.68. The Kier molecular flexibility index (Phi) is 8.14. The summed E-state index contributed by atoms with van der Waals surface area (Å²) in [7, 11) is 0. The Morgan fingerprint density at radius 2 is 1.68 bits per heavy atom.